The fourth-order valence-electron chi connectivity index (χ4n) is 3.66. The molecule has 0 atom stereocenters. The van der Waals surface area contributed by atoms with Crippen LogP contribution in [-0.2, 0) is 10.4 Å². The van der Waals surface area contributed by atoms with E-state index in [0.29, 0.717) is 17.7 Å². The third-order valence-electron chi connectivity index (χ3n) is 5.96. The number of benzene rings is 2. The van der Waals surface area contributed by atoms with Gasteiger partial charge in [-0.05, 0) is 31.9 Å². The van der Waals surface area contributed by atoms with Crippen LogP contribution >= 0.6 is 0 Å². The van der Waals surface area contributed by atoms with Crippen molar-refractivity contribution in [2.75, 3.05) is 39.8 Å². The molecular formula is C23H33N2O2+. The van der Waals surface area contributed by atoms with Gasteiger partial charge in [-0.2, -0.15) is 0 Å². The molecule has 4 heteroatoms. The Hall–Kier alpha value is -2.17. The molecular weight excluding hydrogens is 336 g/mol. The average Bonchev–Trinajstić information content (AvgIpc) is 2.75. The number of carbonyl (C=O) groups excluding carboxylic acids is 1. The molecule has 146 valence electrons. The highest BCUT2D eigenvalue weighted by molar-refractivity contribution is 5.90. The van der Waals surface area contributed by atoms with Crippen molar-refractivity contribution in [3.05, 3.63) is 71.8 Å². The van der Waals surface area contributed by atoms with Gasteiger partial charge in [0.15, 0.2) is 5.60 Å². The van der Waals surface area contributed by atoms with Crippen molar-refractivity contribution in [1.29, 1.82) is 0 Å². The van der Waals surface area contributed by atoms with Crippen molar-refractivity contribution in [2.45, 2.75) is 26.4 Å². The van der Waals surface area contributed by atoms with Crippen molar-refractivity contribution >= 4 is 5.91 Å². The molecule has 4 nitrogen and oxygen atoms in total. The van der Waals surface area contributed by atoms with Crippen molar-refractivity contribution in [3.8, 4) is 0 Å². The number of likely N-dealkylation sites (N-methyl/N-ethyl adjacent to an activating group) is 2. The molecule has 0 aliphatic heterocycles. The molecule has 27 heavy (non-hydrogen) atoms. The first-order valence-electron chi connectivity index (χ1n) is 9.87. The molecule has 0 spiro atoms. The van der Waals surface area contributed by atoms with Gasteiger partial charge in [0.05, 0.1) is 32.7 Å². The molecule has 0 heterocycles. The van der Waals surface area contributed by atoms with Crippen LogP contribution in [0.4, 0.5) is 0 Å². The summed E-state index contributed by atoms with van der Waals surface area (Å²) in [5.74, 6) is -0.290. The largest absolute Gasteiger partial charge is 0.372 e. The van der Waals surface area contributed by atoms with Gasteiger partial charge >= 0.3 is 0 Å². The van der Waals surface area contributed by atoms with Crippen LogP contribution in [0.15, 0.2) is 60.7 Å². The zero-order valence-corrected chi connectivity index (χ0v) is 17.1. The molecule has 0 radical (unpaired) electrons. The van der Waals surface area contributed by atoms with Crippen LogP contribution in [0.3, 0.4) is 0 Å². The second-order valence-corrected chi connectivity index (χ2v) is 7.18. The first-order chi connectivity index (χ1) is 12.9. The van der Waals surface area contributed by atoms with Gasteiger partial charge in [0.25, 0.3) is 5.91 Å². The molecule has 2 aromatic carbocycles. The van der Waals surface area contributed by atoms with Gasteiger partial charge in [-0.15, -0.1) is 0 Å². The van der Waals surface area contributed by atoms with Gasteiger partial charge in [-0.3, -0.25) is 4.79 Å². The second-order valence-electron chi connectivity index (χ2n) is 7.18. The van der Waals surface area contributed by atoms with E-state index >= 15 is 0 Å². The summed E-state index contributed by atoms with van der Waals surface area (Å²) in [6, 6.07) is 18.4. The van der Waals surface area contributed by atoms with Gasteiger partial charge in [-0.25, -0.2) is 0 Å². The van der Waals surface area contributed by atoms with Gasteiger partial charge < -0.3 is 14.5 Å². The van der Waals surface area contributed by atoms with Gasteiger partial charge in [-0.1, -0.05) is 60.7 Å². The summed E-state index contributed by atoms with van der Waals surface area (Å²) in [6.45, 7) is 11.2. The molecule has 0 fully saturated rings. The van der Waals surface area contributed by atoms with Crippen LogP contribution in [-0.4, -0.2) is 60.2 Å². The van der Waals surface area contributed by atoms with Crippen LogP contribution in [0.2, 0.25) is 0 Å². The van der Waals surface area contributed by atoms with Crippen LogP contribution < -0.4 is 0 Å². The quantitative estimate of drug-likeness (QED) is 0.689. The molecule has 0 saturated heterocycles. The van der Waals surface area contributed by atoms with E-state index < -0.39 is 5.60 Å². The third kappa shape index (κ3) is 4.40. The van der Waals surface area contributed by atoms with Crippen molar-refractivity contribution in [2.24, 2.45) is 0 Å². The molecule has 0 saturated carbocycles. The Balaban J connectivity index is 2.32. The van der Waals surface area contributed by atoms with Crippen LogP contribution in [0, 0.1) is 0 Å². The topological polar surface area (TPSA) is 40.5 Å². The van der Waals surface area contributed by atoms with E-state index in [1.54, 1.807) is 11.9 Å². The molecule has 0 unspecified atom stereocenters. The van der Waals surface area contributed by atoms with Crippen LogP contribution in [0.25, 0.3) is 0 Å². The predicted octanol–water partition coefficient (Wildman–Crippen LogP) is 3.26. The number of hydrogen-bond donors (Lipinski definition) is 1. The normalized spacial score (nSPS) is 12.0. The van der Waals surface area contributed by atoms with E-state index in [9.17, 15) is 9.90 Å². The number of nitrogens with zero attached hydrogens (tertiary/aromatic N) is 2. The Morgan fingerprint density at radius 3 is 1.67 bits per heavy atom. The number of carbonyl (C=O) groups is 1. The SMILES string of the molecule is CC[N+](CC)(CC)CCN(C)C(=O)C(O)(c1ccccc1)c1ccccc1. The molecule has 2 rings (SSSR count). The van der Waals surface area contributed by atoms with E-state index in [2.05, 4.69) is 20.8 Å². The van der Waals surface area contributed by atoms with Crippen LogP contribution in [0.1, 0.15) is 31.9 Å². The summed E-state index contributed by atoms with van der Waals surface area (Å²) in [5.41, 5.74) is -0.497. The van der Waals surface area contributed by atoms with E-state index in [-0.39, 0.29) is 5.91 Å². The summed E-state index contributed by atoms with van der Waals surface area (Å²) >= 11 is 0. The lowest BCUT2D eigenvalue weighted by molar-refractivity contribution is -0.922. The Bertz CT molecular complexity index is 664. The van der Waals surface area contributed by atoms with Gasteiger partial charge in [0, 0.05) is 7.05 Å². The molecule has 2 aromatic rings. The molecule has 1 amide bonds. The lowest BCUT2D eigenvalue weighted by Crippen LogP contribution is -2.54. The highest BCUT2D eigenvalue weighted by atomic mass is 16.3. The molecule has 1 N–H and O–H groups in total. The smallest absolute Gasteiger partial charge is 0.263 e. The highest BCUT2D eigenvalue weighted by Crippen LogP contribution is 2.31. The standard InChI is InChI=1S/C23H33N2O2/c1-5-25(6-2,7-3)19-18-24(4)22(26)23(27,20-14-10-8-11-15-20)21-16-12-9-13-17-21/h8-17,27H,5-7,18-19H2,1-4H3/q+1. The van der Waals surface area contributed by atoms with E-state index in [0.717, 1.165) is 30.7 Å². The monoisotopic (exact) mass is 369 g/mol. The van der Waals surface area contributed by atoms with Gasteiger partial charge in [0.2, 0.25) is 0 Å². The first-order valence-corrected chi connectivity index (χ1v) is 9.87. The minimum Gasteiger partial charge on any atom is -0.372 e. The summed E-state index contributed by atoms with van der Waals surface area (Å²) in [4.78, 5) is 15.1. The summed E-state index contributed by atoms with van der Waals surface area (Å²) < 4.78 is 0.965. The number of amides is 1. The second kappa shape index (κ2) is 9.16. The number of aliphatic hydroxyl groups is 1. The number of rotatable bonds is 9. The van der Waals surface area contributed by atoms with Crippen LogP contribution in [0.5, 0.6) is 0 Å². The maximum absolute atomic E-state index is 13.4. The van der Waals surface area contributed by atoms with Crippen molar-refractivity contribution < 1.29 is 14.4 Å². The lowest BCUT2D eigenvalue weighted by Gasteiger charge is -2.38. The summed E-state index contributed by atoms with van der Waals surface area (Å²) in [7, 11) is 1.79. The van der Waals surface area contributed by atoms with Crippen molar-refractivity contribution in [1.82, 2.24) is 4.90 Å². The van der Waals surface area contributed by atoms with E-state index in [4.69, 9.17) is 0 Å². The number of quaternary nitrogens is 1. The fourth-order valence-corrected chi connectivity index (χ4v) is 3.66. The maximum atomic E-state index is 13.4. The van der Waals surface area contributed by atoms with E-state index in [1.807, 2.05) is 60.7 Å². The third-order valence-corrected chi connectivity index (χ3v) is 5.96. The predicted molar refractivity (Wildman–Crippen MR) is 110 cm³/mol. The average molecular weight is 370 g/mol. The number of hydrogen-bond acceptors (Lipinski definition) is 2. The zero-order valence-electron chi connectivity index (χ0n) is 17.1. The molecule has 0 bridgehead atoms. The van der Waals surface area contributed by atoms with Gasteiger partial charge in [0.1, 0.15) is 0 Å². The zero-order chi connectivity index (χ0) is 19.9. The molecule has 0 aliphatic carbocycles. The first kappa shape index (κ1) is 21.1. The summed E-state index contributed by atoms with van der Waals surface area (Å²) in [6.07, 6.45) is 0. The lowest BCUT2D eigenvalue weighted by atomic mass is 9.85. The minimum absolute atomic E-state index is 0.290. The Kier molecular flexibility index (Phi) is 7.17. The Labute approximate surface area is 163 Å². The Morgan fingerprint density at radius 1 is 0.889 bits per heavy atom. The molecule has 0 aliphatic rings. The maximum Gasteiger partial charge on any atom is 0.263 e. The van der Waals surface area contributed by atoms with Crippen molar-refractivity contribution in [3.63, 3.8) is 0 Å². The highest BCUT2D eigenvalue weighted by Gasteiger charge is 2.42. The summed E-state index contributed by atoms with van der Waals surface area (Å²) in [5, 5.41) is 11.6. The molecule has 0 aromatic heterocycles. The Morgan fingerprint density at radius 2 is 1.30 bits per heavy atom. The fraction of sp³-hybridized carbons (Fsp3) is 0.435. The van der Waals surface area contributed by atoms with E-state index in [1.165, 1.54) is 0 Å². The minimum atomic E-state index is -1.68.